The number of fused-ring (bicyclic) bond motifs is 1. The van der Waals surface area contributed by atoms with Crippen LogP contribution in [0.5, 0.6) is 0 Å². The first-order chi connectivity index (χ1) is 19.5. The standard InChI is InChI=1S/C32H32Cl2N4O2/c33-24-15-11-22(12-16-24)30-31(23-13-17-25(34)18-14-23)37-32-28(36-30)20-27(39)21-38(32)19-7-2-1-6-10-29(40)35-26-8-4-3-5-9-26/h3-5,8-9,11-18,27,39H,1-2,6-7,10,19-21H2,(H,35,40). The van der Waals surface area contributed by atoms with E-state index in [9.17, 15) is 9.90 Å². The molecule has 2 heterocycles. The minimum absolute atomic E-state index is 0.0424. The third-order valence-electron chi connectivity index (χ3n) is 6.98. The Hall–Kier alpha value is -3.45. The Kier molecular flexibility index (Phi) is 9.32. The molecule has 1 aromatic heterocycles. The zero-order chi connectivity index (χ0) is 27.9. The van der Waals surface area contributed by atoms with Crippen LogP contribution in [-0.2, 0) is 11.2 Å². The fourth-order valence-electron chi connectivity index (χ4n) is 4.98. The Bertz CT molecular complexity index is 1430. The number of halogens is 2. The van der Waals surface area contributed by atoms with Gasteiger partial charge in [-0.3, -0.25) is 4.79 Å². The Labute approximate surface area is 245 Å². The molecule has 0 saturated carbocycles. The van der Waals surface area contributed by atoms with Gasteiger partial charge in [-0.15, -0.1) is 0 Å². The van der Waals surface area contributed by atoms with E-state index in [2.05, 4.69) is 10.2 Å². The third-order valence-corrected chi connectivity index (χ3v) is 7.49. The van der Waals surface area contributed by atoms with Crippen molar-refractivity contribution in [2.24, 2.45) is 0 Å². The molecule has 5 rings (SSSR count). The number of aliphatic hydroxyl groups is 1. The zero-order valence-corrected chi connectivity index (χ0v) is 23.7. The zero-order valence-electron chi connectivity index (χ0n) is 22.2. The highest BCUT2D eigenvalue weighted by Gasteiger charge is 2.28. The number of aliphatic hydroxyl groups excluding tert-OH is 1. The van der Waals surface area contributed by atoms with Gasteiger partial charge in [0, 0.05) is 52.8 Å². The molecule has 0 bridgehead atoms. The van der Waals surface area contributed by atoms with Crippen molar-refractivity contribution >= 4 is 40.6 Å². The van der Waals surface area contributed by atoms with E-state index >= 15 is 0 Å². The Morgan fingerprint density at radius 2 is 1.43 bits per heavy atom. The van der Waals surface area contributed by atoms with E-state index in [4.69, 9.17) is 33.2 Å². The molecular weight excluding hydrogens is 543 g/mol. The summed E-state index contributed by atoms with van der Waals surface area (Å²) in [6, 6.07) is 24.7. The van der Waals surface area contributed by atoms with Crippen molar-refractivity contribution in [3.8, 4) is 22.5 Å². The van der Waals surface area contributed by atoms with Crippen LogP contribution in [0, 0.1) is 0 Å². The molecule has 0 radical (unpaired) electrons. The number of hydrogen-bond donors (Lipinski definition) is 2. The van der Waals surface area contributed by atoms with E-state index in [1.165, 1.54) is 0 Å². The molecule has 0 aliphatic carbocycles. The van der Waals surface area contributed by atoms with Gasteiger partial charge < -0.3 is 15.3 Å². The molecule has 1 atom stereocenters. The quantitative estimate of drug-likeness (QED) is 0.192. The summed E-state index contributed by atoms with van der Waals surface area (Å²) in [7, 11) is 0. The van der Waals surface area contributed by atoms with Crippen molar-refractivity contribution in [3.63, 3.8) is 0 Å². The first-order valence-corrected chi connectivity index (χ1v) is 14.4. The van der Waals surface area contributed by atoms with Gasteiger partial charge in [0.1, 0.15) is 0 Å². The van der Waals surface area contributed by atoms with Gasteiger partial charge in [-0.1, -0.05) is 78.5 Å². The highest BCUT2D eigenvalue weighted by molar-refractivity contribution is 6.31. The van der Waals surface area contributed by atoms with Crippen LogP contribution in [0.1, 0.15) is 37.8 Å². The lowest BCUT2D eigenvalue weighted by Crippen LogP contribution is -2.40. The summed E-state index contributed by atoms with van der Waals surface area (Å²) in [6.07, 6.45) is 4.17. The molecule has 0 spiro atoms. The first kappa shape index (κ1) is 28.1. The van der Waals surface area contributed by atoms with Gasteiger partial charge in [0.2, 0.25) is 5.91 Å². The number of carbonyl (C=O) groups excluding carboxylic acids is 1. The Balaban J connectivity index is 1.27. The van der Waals surface area contributed by atoms with E-state index in [1.54, 1.807) is 0 Å². The van der Waals surface area contributed by atoms with Gasteiger partial charge in [0.05, 0.1) is 23.2 Å². The van der Waals surface area contributed by atoms with Crippen LogP contribution in [0.4, 0.5) is 11.5 Å². The van der Waals surface area contributed by atoms with Gasteiger partial charge in [0.25, 0.3) is 0 Å². The van der Waals surface area contributed by atoms with Crippen molar-refractivity contribution in [2.75, 3.05) is 23.3 Å². The monoisotopic (exact) mass is 574 g/mol. The van der Waals surface area contributed by atoms with Gasteiger partial charge in [0.15, 0.2) is 5.82 Å². The highest BCUT2D eigenvalue weighted by atomic mass is 35.5. The molecule has 4 aromatic rings. The molecule has 40 heavy (non-hydrogen) atoms. The molecule has 206 valence electrons. The SMILES string of the molecule is O=C(CCCCCCN1CC(O)Cc2nc(-c3ccc(Cl)cc3)c(-c3ccc(Cl)cc3)nc21)Nc1ccccc1. The van der Waals surface area contributed by atoms with Crippen molar-refractivity contribution in [3.05, 3.63) is 94.6 Å². The molecule has 3 aromatic carbocycles. The van der Waals surface area contributed by atoms with Crippen molar-refractivity contribution < 1.29 is 9.90 Å². The summed E-state index contributed by atoms with van der Waals surface area (Å²) in [4.78, 5) is 24.5. The summed E-state index contributed by atoms with van der Waals surface area (Å²) in [5.74, 6) is 0.857. The van der Waals surface area contributed by atoms with Gasteiger partial charge in [-0.25, -0.2) is 9.97 Å². The van der Waals surface area contributed by atoms with Crippen molar-refractivity contribution in [2.45, 2.75) is 44.6 Å². The number of para-hydroxylation sites is 1. The first-order valence-electron chi connectivity index (χ1n) is 13.7. The van der Waals surface area contributed by atoms with E-state index in [-0.39, 0.29) is 5.91 Å². The van der Waals surface area contributed by atoms with E-state index < -0.39 is 6.10 Å². The van der Waals surface area contributed by atoms with Crippen LogP contribution in [0.3, 0.4) is 0 Å². The molecular formula is C32H32Cl2N4O2. The molecule has 1 aliphatic rings. The Morgan fingerprint density at radius 3 is 2.08 bits per heavy atom. The number of anilines is 2. The predicted molar refractivity (Wildman–Crippen MR) is 163 cm³/mol. The van der Waals surface area contributed by atoms with Crippen molar-refractivity contribution in [1.82, 2.24) is 9.97 Å². The van der Waals surface area contributed by atoms with Crippen molar-refractivity contribution in [1.29, 1.82) is 0 Å². The smallest absolute Gasteiger partial charge is 0.224 e. The van der Waals surface area contributed by atoms with Crippen LogP contribution in [0.2, 0.25) is 10.0 Å². The van der Waals surface area contributed by atoms with E-state index in [1.807, 2.05) is 78.9 Å². The van der Waals surface area contributed by atoms with E-state index in [0.717, 1.165) is 71.9 Å². The second-order valence-corrected chi connectivity index (χ2v) is 11.0. The number of amides is 1. The van der Waals surface area contributed by atoms with Gasteiger partial charge in [-0.05, 0) is 49.2 Å². The molecule has 2 N–H and O–H groups in total. The normalized spacial score (nSPS) is 14.6. The highest BCUT2D eigenvalue weighted by Crippen LogP contribution is 2.35. The van der Waals surface area contributed by atoms with Gasteiger partial charge >= 0.3 is 0 Å². The maximum Gasteiger partial charge on any atom is 0.224 e. The third kappa shape index (κ3) is 7.19. The minimum atomic E-state index is -0.511. The number of carbonyl (C=O) groups is 1. The summed E-state index contributed by atoms with van der Waals surface area (Å²) < 4.78 is 0. The van der Waals surface area contributed by atoms with Crippen LogP contribution >= 0.6 is 23.2 Å². The van der Waals surface area contributed by atoms with Crippen LogP contribution in [0.15, 0.2) is 78.9 Å². The van der Waals surface area contributed by atoms with Crippen LogP contribution in [-0.4, -0.2) is 40.2 Å². The number of aromatic nitrogens is 2. The average Bonchev–Trinajstić information content (AvgIpc) is 2.95. The van der Waals surface area contributed by atoms with Crippen LogP contribution < -0.4 is 10.2 Å². The largest absolute Gasteiger partial charge is 0.391 e. The summed E-state index contributed by atoms with van der Waals surface area (Å²) in [5, 5.41) is 14.9. The fraction of sp³-hybridized carbons (Fsp3) is 0.281. The lowest BCUT2D eigenvalue weighted by Gasteiger charge is -2.33. The second kappa shape index (κ2) is 13.3. The number of benzene rings is 3. The number of nitrogens with zero attached hydrogens (tertiary/aromatic N) is 3. The van der Waals surface area contributed by atoms with Gasteiger partial charge in [-0.2, -0.15) is 0 Å². The van der Waals surface area contributed by atoms with E-state index in [0.29, 0.717) is 29.4 Å². The second-order valence-electron chi connectivity index (χ2n) is 10.1. The number of hydrogen-bond acceptors (Lipinski definition) is 5. The van der Waals surface area contributed by atoms with Crippen LogP contribution in [0.25, 0.3) is 22.5 Å². The number of unbranched alkanes of at least 4 members (excludes halogenated alkanes) is 3. The molecule has 0 fully saturated rings. The minimum Gasteiger partial charge on any atom is -0.391 e. The molecule has 6 nitrogen and oxygen atoms in total. The average molecular weight is 576 g/mol. The summed E-state index contributed by atoms with van der Waals surface area (Å²) >= 11 is 12.3. The molecule has 0 saturated heterocycles. The maximum absolute atomic E-state index is 12.2. The molecule has 8 heteroatoms. The lowest BCUT2D eigenvalue weighted by molar-refractivity contribution is -0.116. The lowest BCUT2D eigenvalue weighted by atomic mass is 10.0. The number of nitrogens with one attached hydrogen (secondary N) is 1. The Morgan fingerprint density at radius 1 is 0.825 bits per heavy atom. The maximum atomic E-state index is 12.2. The summed E-state index contributed by atoms with van der Waals surface area (Å²) in [5.41, 5.74) is 4.97. The molecule has 1 unspecified atom stereocenters. The molecule has 1 amide bonds. The fourth-order valence-corrected chi connectivity index (χ4v) is 5.23. The summed E-state index contributed by atoms with van der Waals surface area (Å²) in [6.45, 7) is 1.27. The molecule has 1 aliphatic heterocycles. The number of rotatable bonds is 10. The topological polar surface area (TPSA) is 78.4 Å². The predicted octanol–water partition coefficient (Wildman–Crippen LogP) is 7.43. The number of β-amino-alcohol motifs (C(OH)–C–C–N with tert-alkyl or cyclic N) is 1.